The fourth-order valence-electron chi connectivity index (χ4n) is 8.67. The zero-order valence-corrected chi connectivity index (χ0v) is 28.8. The molecule has 2 saturated carbocycles. The molecule has 2 fully saturated rings. The van der Waals surface area contributed by atoms with E-state index in [1.807, 2.05) is 0 Å². The first-order chi connectivity index (χ1) is 24.8. The molecule has 2 nitrogen and oxygen atoms in total. The van der Waals surface area contributed by atoms with E-state index in [0.717, 1.165) is 11.0 Å². The lowest BCUT2D eigenvalue weighted by Crippen LogP contribution is -2.08. The monoisotopic (exact) mass is 648 g/mol. The van der Waals surface area contributed by atoms with Gasteiger partial charge in [0.25, 0.3) is 0 Å². The summed E-state index contributed by atoms with van der Waals surface area (Å²) in [6, 6.07) is 49.2. The molecular weight excluding hydrogens is 605 g/mol. The Balaban J connectivity index is 1.14. The van der Waals surface area contributed by atoms with Crippen LogP contribution in [0.5, 0.6) is 0 Å². The molecule has 0 atom stereocenters. The van der Waals surface area contributed by atoms with Crippen LogP contribution in [0.15, 0.2) is 133 Å². The van der Waals surface area contributed by atoms with Crippen molar-refractivity contribution in [3.05, 3.63) is 145 Å². The summed E-state index contributed by atoms with van der Waals surface area (Å²) in [5.74, 6) is 1.09. The van der Waals surface area contributed by atoms with Gasteiger partial charge in [0, 0.05) is 34.0 Å². The Morgan fingerprint density at radius 3 is 1.58 bits per heavy atom. The van der Waals surface area contributed by atoms with Gasteiger partial charge in [-0.05, 0) is 88.4 Å². The number of hydrogen-bond acceptors (Lipinski definition) is 2. The van der Waals surface area contributed by atoms with Crippen LogP contribution in [-0.4, -0.2) is 9.97 Å². The van der Waals surface area contributed by atoms with E-state index in [-0.39, 0.29) is 0 Å². The number of fused-ring (bicyclic) bond motifs is 3. The number of rotatable bonds is 6. The van der Waals surface area contributed by atoms with Crippen molar-refractivity contribution in [2.24, 2.45) is 0 Å². The maximum Gasteiger partial charge on any atom is 0.0974 e. The minimum atomic E-state index is 0.516. The van der Waals surface area contributed by atoms with Gasteiger partial charge in [-0.3, -0.25) is 9.97 Å². The molecule has 7 aromatic rings. The highest BCUT2D eigenvalue weighted by Gasteiger charge is 2.22. The Kier molecular flexibility index (Phi) is 8.46. The molecule has 0 bridgehead atoms. The summed E-state index contributed by atoms with van der Waals surface area (Å²) in [7, 11) is 0. The molecule has 9 rings (SSSR count). The molecule has 2 aliphatic rings. The summed E-state index contributed by atoms with van der Waals surface area (Å²) >= 11 is 0. The SMILES string of the molecule is c1ccc(-c2ccc(-c3ccc(-c4cc(C5CCCCC5)nc5c4ccc4ccc(C6CCCCC6)nc45)cc3)cc2-c2ccccc2)cc1. The topological polar surface area (TPSA) is 25.8 Å². The van der Waals surface area contributed by atoms with Gasteiger partial charge in [-0.2, -0.15) is 0 Å². The molecule has 2 aromatic heterocycles. The van der Waals surface area contributed by atoms with Gasteiger partial charge in [0.1, 0.15) is 0 Å². The molecule has 2 heteroatoms. The van der Waals surface area contributed by atoms with Crippen molar-refractivity contribution in [1.29, 1.82) is 0 Å². The van der Waals surface area contributed by atoms with Gasteiger partial charge in [0.05, 0.1) is 11.0 Å². The Hall–Kier alpha value is -5.08. The molecule has 50 heavy (non-hydrogen) atoms. The van der Waals surface area contributed by atoms with Gasteiger partial charge in [0.2, 0.25) is 0 Å². The van der Waals surface area contributed by atoms with E-state index in [0.29, 0.717) is 11.8 Å². The summed E-state index contributed by atoms with van der Waals surface area (Å²) in [4.78, 5) is 10.9. The smallest absolute Gasteiger partial charge is 0.0974 e. The number of benzene rings is 5. The standard InChI is InChI=1S/C48H44N2/c1-5-13-34(14-6-1)41-28-26-40(31-43(41)35-15-7-2-8-16-35)33-21-23-36(24-22-33)44-32-46(38-19-11-4-12-20-38)50-48-42(44)29-25-39-27-30-45(49-47(39)48)37-17-9-3-10-18-37/h1-2,5-8,13-16,21-32,37-38H,3-4,9-12,17-20H2. The van der Waals surface area contributed by atoms with E-state index >= 15 is 0 Å². The summed E-state index contributed by atoms with van der Waals surface area (Å²) < 4.78 is 0. The first-order valence-electron chi connectivity index (χ1n) is 18.9. The number of aromatic nitrogens is 2. The third kappa shape index (κ3) is 6.02. The molecule has 0 N–H and O–H groups in total. The second-order valence-corrected chi connectivity index (χ2v) is 14.6. The van der Waals surface area contributed by atoms with Crippen molar-refractivity contribution >= 4 is 21.8 Å². The van der Waals surface area contributed by atoms with Crippen LogP contribution in [-0.2, 0) is 0 Å². The minimum Gasteiger partial charge on any atom is -0.250 e. The van der Waals surface area contributed by atoms with E-state index in [4.69, 9.17) is 9.97 Å². The predicted molar refractivity (Wildman–Crippen MR) is 210 cm³/mol. The lowest BCUT2D eigenvalue weighted by molar-refractivity contribution is 0.437. The molecule has 0 saturated heterocycles. The number of nitrogens with zero attached hydrogens (tertiary/aromatic N) is 2. The van der Waals surface area contributed by atoms with E-state index in [1.165, 1.54) is 131 Å². The van der Waals surface area contributed by atoms with Crippen LogP contribution in [0, 0.1) is 0 Å². The third-order valence-electron chi connectivity index (χ3n) is 11.4. The fourth-order valence-corrected chi connectivity index (χ4v) is 8.67. The zero-order chi connectivity index (χ0) is 33.3. The average molecular weight is 649 g/mol. The molecule has 246 valence electrons. The summed E-state index contributed by atoms with van der Waals surface area (Å²) in [6.07, 6.45) is 12.9. The van der Waals surface area contributed by atoms with Crippen molar-refractivity contribution < 1.29 is 0 Å². The number of hydrogen-bond donors (Lipinski definition) is 0. The van der Waals surface area contributed by atoms with Crippen LogP contribution in [0.4, 0.5) is 0 Å². The maximum atomic E-state index is 5.47. The van der Waals surface area contributed by atoms with Crippen LogP contribution in [0.2, 0.25) is 0 Å². The van der Waals surface area contributed by atoms with E-state index in [9.17, 15) is 0 Å². The Labute approximate surface area is 296 Å². The second-order valence-electron chi connectivity index (χ2n) is 14.6. The number of pyridine rings is 2. The highest BCUT2D eigenvalue weighted by Crippen LogP contribution is 2.41. The van der Waals surface area contributed by atoms with Crippen LogP contribution in [0.25, 0.3) is 66.3 Å². The van der Waals surface area contributed by atoms with Crippen molar-refractivity contribution in [3.63, 3.8) is 0 Å². The van der Waals surface area contributed by atoms with Gasteiger partial charge in [0.15, 0.2) is 0 Å². The van der Waals surface area contributed by atoms with Gasteiger partial charge in [-0.15, -0.1) is 0 Å². The Morgan fingerprint density at radius 2 is 0.900 bits per heavy atom. The van der Waals surface area contributed by atoms with Gasteiger partial charge < -0.3 is 0 Å². The molecule has 0 spiro atoms. The van der Waals surface area contributed by atoms with Gasteiger partial charge in [-0.1, -0.05) is 154 Å². The molecule has 2 aliphatic carbocycles. The third-order valence-corrected chi connectivity index (χ3v) is 11.4. The van der Waals surface area contributed by atoms with Crippen LogP contribution < -0.4 is 0 Å². The first kappa shape index (κ1) is 30.9. The molecule has 0 amide bonds. The quantitative estimate of drug-likeness (QED) is 0.168. The summed E-state index contributed by atoms with van der Waals surface area (Å²) in [5, 5.41) is 2.40. The average Bonchev–Trinajstić information content (AvgIpc) is 3.21. The first-order valence-corrected chi connectivity index (χ1v) is 18.9. The fraction of sp³-hybridized carbons (Fsp3) is 0.250. The summed E-state index contributed by atoms with van der Waals surface area (Å²) in [5.41, 5.74) is 14.6. The van der Waals surface area contributed by atoms with Crippen molar-refractivity contribution in [2.45, 2.75) is 76.0 Å². The molecule has 2 heterocycles. The predicted octanol–water partition coefficient (Wildman–Crippen LogP) is 13.5. The molecule has 5 aromatic carbocycles. The lowest BCUT2D eigenvalue weighted by atomic mass is 9.85. The summed E-state index contributed by atoms with van der Waals surface area (Å²) in [6.45, 7) is 0. The molecule has 0 radical (unpaired) electrons. The Bertz CT molecular complexity index is 2260. The van der Waals surface area contributed by atoms with Crippen molar-refractivity contribution in [3.8, 4) is 44.5 Å². The van der Waals surface area contributed by atoms with E-state index in [2.05, 4.69) is 133 Å². The highest BCUT2D eigenvalue weighted by molar-refractivity contribution is 6.08. The highest BCUT2D eigenvalue weighted by atomic mass is 14.8. The minimum absolute atomic E-state index is 0.516. The van der Waals surface area contributed by atoms with E-state index in [1.54, 1.807) is 0 Å². The second kappa shape index (κ2) is 13.7. The van der Waals surface area contributed by atoms with Crippen molar-refractivity contribution in [2.75, 3.05) is 0 Å². The van der Waals surface area contributed by atoms with Crippen LogP contribution >= 0.6 is 0 Å². The molecule has 0 aliphatic heterocycles. The normalized spacial score (nSPS) is 15.8. The van der Waals surface area contributed by atoms with E-state index < -0.39 is 0 Å². The molecular formula is C48H44N2. The zero-order valence-electron chi connectivity index (χ0n) is 28.8. The van der Waals surface area contributed by atoms with Gasteiger partial charge in [-0.25, -0.2) is 0 Å². The Morgan fingerprint density at radius 1 is 0.360 bits per heavy atom. The van der Waals surface area contributed by atoms with Crippen LogP contribution in [0.3, 0.4) is 0 Å². The van der Waals surface area contributed by atoms with Gasteiger partial charge >= 0.3 is 0 Å². The maximum absolute atomic E-state index is 5.47. The largest absolute Gasteiger partial charge is 0.250 e. The molecule has 0 unspecified atom stereocenters. The lowest BCUT2D eigenvalue weighted by Gasteiger charge is -2.23. The van der Waals surface area contributed by atoms with Crippen molar-refractivity contribution in [1.82, 2.24) is 9.97 Å². The van der Waals surface area contributed by atoms with Crippen LogP contribution in [0.1, 0.15) is 87.4 Å².